The molecule has 1 fully saturated rings. The van der Waals surface area contributed by atoms with Gasteiger partial charge in [-0.15, -0.1) is 10.2 Å². The lowest BCUT2D eigenvalue weighted by Crippen LogP contribution is -2.40. The van der Waals surface area contributed by atoms with Crippen LogP contribution in [0.1, 0.15) is 24.6 Å². The van der Waals surface area contributed by atoms with Crippen LogP contribution in [0.3, 0.4) is 0 Å². The topological polar surface area (TPSA) is 76.4 Å². The third kappa shape index (κ3) is 1.71. The molecule has 2 aromatic heterocycles. The number of imide groups is 1. The van der Waals surface area contributed by atoms with Gasteiger partial charge in [0.1, 0.15) is 5.82 Å². The Balaban J connectivity index is 2.07. The van der Waals surface area contributed by atoms with Crippen molar-refractivity contribution in [2.24, 2.45) is 0 Å². The maximum atomic E-state index is 11.8. The molecular formula is C11H9BrN4O2. The number of aromatic nitrogens is 3. The molecule has 0 spiro atoms. The minimum Gasteiger partial charge on any atom is -0.296 e. The van der Waals surface area contributed by atoms with Gasteiger partial charge < -0.3 is 0 Å². The van der Waals surface area contributed by atoms with Gasteiger partial charge in [0.05, 0.1) is 10.4 Å². The van der Waals surface area contributed by atoms with E-state index in [1.54, 1.807) is 10.6 Å². The highest BCUT2D eigenvalue weighted by Gasteiger charge is 2.31. The standard InChI is InChI=1S/C11H9BrN4O2/c12-7-2-1-5-16-9(14-15-10(7)16)6-3-4-8(17)13-11(6)18/h1-2,5-6H,3-4H2,(H,13,17,18). The second kappa shape index (κ2) is 4.16. The van der Waals surface area contributed by atoms with Crippen LogP contribution in [0.5, 0.6) is 0 Å². The first-order valence-corrected chi connectivity index (χ1v) is 6.29. The number of piperidine rings is 1. The van der Waals surface area contributed by atoms with Crippen LogP contribution >= 0.6 is 15.9 Å². The SMILES string of the molecule is O=C1CCC(c2nnc3c(Br)cccn23)C(=O)N1. The maximum absolute atomic E-state index is 11.8. The van der Waals surface area contributed by atoms with Gasteiger partial charge in [0, 0.05) is 12.6 Å². The van der Waals surface area contributed by atoms with Gasteiger partial charge >= 0.3 is 0 Å². The van der Waals surface area contributed by atoms with Gasteiger partial charge in [-0.1, -0.05) is 0 Å². The predicted molar refractivity (Wildman–Crippen MR) is 65.8 cm³/mol. The molecule has 1 aliphatic rings. The largest absolute Gasteiger partial charge is 0.296 e. The Morgan fingerprint density at radius 2 is 2.22 bits per heavy atom. The second-order valence-electron chi connectivity index (χ2n) is 4.11. The number of carbonyl (C=O) groups is 2. The van der Waals surface area contributed by atoms with E-state index >= 15 is 0 Å². The second-order valence-corrected chi connectivity index (χ2v) is 4.97. The minimum atomic E-state index is -0.424. The molecule has 6 nitrogen and oxygen atoms in total. The third-order valence-corrected chi connectivity index (χ3v) is 3.58. The van der Waals surface area contributed by atoms with Crippen LogP contribution in [0.25, 0.3) is 5.65 Å². The molecule has 1 saturated heterocycles. The Labute approximate surface area is 111 Å². The fourth-order valence-corrected chi connectivity index (χ4v) is 2.50. The fraction of sp³-hybridized carbons (Fsp3) is 0.273. The molecule has 18 heavy (non-hydrogen) atoms. The van der Waals surface area contributed by atoms with Gasteiger partial charge in [-0.3, -0.25) is 19.3 Å². The van der Waals surface area contributed by atoms with Crippen molar-refractivity contribution in [2.75, 3.05) is 0 Å². The summed E-state index contributed by atoms with van der Waals surface area (Å²) in [5, 5.41) is 10.4. The predicted octanol–water partition coefficient (Wildman–Crippen LogP) is 1.01. The van der Waals surface area contributed by atoms with Crippen molar-refractivity contribution in [1.29, 1.82) is 0 Å². The average Bonchev–Trinajstić information content (AvgIpc) is 2.74. The van der Waals surface area contributed by atoms with E-state index in [0.29, 0.717) is 24.3 Å². The van der Waals surface area contributed by atoms with Gasteiger partial charge in [-0.25, -0.2) is 0 Å². The van der Waals surface area contributed by atoms with E-state index in [2.05, 4.69) is 31.4 Å². The lowest BCUT2D eigenvalue weighted by atomic mass is 9.97. The molecule has 0 aliphatic carbocycles. The number of carbonyl (C=O) groups excluding carboxylic acids is 2. The van der Waals surface area contributed by atoms with Crippen LogP contribution in [0.15, 0.2) is 22.8 Å². The van der Waals surface area contributed by atoms with Gasteiger partial charge in [0.15, 0.2) is 5.65 Å². The maximum Gasteiger partial charge on any atom is 0.237 e. The Morgan fingerprint density at radius 1 is 1.39 bits per heavy atom. The molecule has 1 unspecified atom stereocenters. The van der Waals surface area contributed by atoms with Crippen molar-refractivity contribution in [3.05, 3.63) is 28.6 Å². The molecule has 3 rings (SSSR count). The molecule has 0 saturated carbocycles. The zero-order chi connectivity index (χ0) is 12.7. The molecule has 2 amide bonds. The molecule has 0 aromatic carbocycles. The fourth-order valence-electron chi connectivity index (χ4n) is 2.08. The summed E-state index contributed by atoms with van der Waals surface area (Å²) in [6, 6.07) is 3.70. The summed E-state index contributed by atoms with van der Waals surface area (Å²) in [5.41, 5.74) is 0.664. The summed E-state index contributed by atoms with van der Waals surface area (Å²) in [6.45, 7) is 0. The Morgan fingerprint density at radius 3 is 3.00 bits per heavy atom. The van der Waals surface area contributed by atoms with Crippen molar-refractivity contribution in [2.45, 2.75) is 18.8 Å². The zero-order valence-corrected chi connectivity index (χ0v) is 10.8. The van der Waals surface area contributed by atoms with Crippen LogP contribution in [-0.4, -0.2) is 26.4 Å². The van der Waals surface area contributed by atoms with E-state index in [1.807, 2.05) is 12.1 Å². The van der Waals surface area contributed by atoms with Gasteiger partial charge in [-0.2, -0.15) is 0 Å². The molecule has 7 heteroatoms. The lowest BCUT2D eigenvalue weighted by Gasteiger charge is -2.19. The smallest absolute Gasteiger partial charge is 0.237 e. The molecule has 0 bridgehead atoms. The first-order chi connectivity index (χ1) is 8.66. The number of hydrogen-bond acceptors (Lipinski definition) is 4. The molecule has 3 heterocycles. The van der Waals surface area contributed by atoms with Crippen molar-refractivity contribution in [1.82, 2.24) is 19.9 Å². The summed E-state index contributed by atoms with van der Waals surface area (Å²) in [5.74, 6) is -0.393. The van der Waals surface area contributed by atoms with Crippen LogP contribution in [0.2, 0.25) is 0 Å². The third-order valence-electron chi connectivity index (χ3n) is 2.96. The first-order valence-electron chi connectivity index (χ1n) is 5.49. The Hall–Kier alpha value is -1.76. The summed E-state index contributed by atoms with van der Waals surface area (Å²) in [6.07, 6.45) is 2.61. The number of nitrogens with one attached hydrogen (secondary N) is 1. The van der Waals surface area contributed by atoms with E-state index in [1.165, 1.54) is 0 Å². The minimum absolute atomic E-state index is 0.230. The zero-order valence-electron chi connectivity index (χ0n) is 9.26. The van der Waals surface area contributed by atoms with Crippen LogP contribution in [0, 0.1) is 0 Å². The van der Waals surface area contributed by atoms with Gasteiger partial charge in [0.25, 0.3) is 0 Å². The molecule has 0 radical (unpaired) electrons. The van der Waals surface area contributed by atoms with Crippen molar-refractivity contribution < 1.29 is 9.59 Å². The number of nitrogens with zero attached hydrogens (tertiary/aromatic N) is 3. The van der Waals surface area contributed by atoms with E-state index in [0.717, 1.165) is 4.47 Å². The molecule has 1 aliphatic heterocycles. The van der Waals surface area contributed by atoms with Crippen LogP contribution in [0.4, 0.5) is 0 Å². The number of hydrogen-bond donors (Lipinski definition) is 1. The van der Waals surface area contributed by atoms with Crippen molar-refractivity contribution in [3.63, 3.8) is 0 Å². The van der Waals surface area contributed by atoms with Gasteiger partial charge in [0.2, 0.25) is 11.8 Å². The molecular weight excluding hydrogens is 300 g/mol. The molecule has 92 valence electrons. The van der Waals surface area contributed by atoms with Gasteiger partial charge in [-0.05, 0) is 34.5 Å². The summed E-state index contributed by atoms with van der Waals surface area (Å²) in [4.78, 5) is 22.9. The van der Waals surface area contributed by atoms with Crippen molar-refractivity contribution in [3.8, 4) is 0 Å². The van der Waals surface area contributed by atoms with E-state index in [-0.39, 0.29) is 11.8 Å². The van der Waals surface area contributed by atoms with Crippen LogP contribution in [-0.2, 0) is 9.59 Å². The van der Waals surface area contributed by atoms with E-state index in [4.69, 9.17) is 0 Å². The van der Waals surface area contributed by atoms with Crippen molar-refractivity contribution >= 4 is 33.4 Å². The van der Waals surface area contributed by atoms with Crippen LogP contribution < -0.4 is 5.32 Å². The molecule has 2 aromatic rings. The number of amides is 2. The summed E-state index contributed by atoms with van der Waals surface area (Å²) >= 11 is 3.38. The highest BCUT2D eigenvalue weighted by atomic mass is 79.9. The molecule has 1 atom stereocenters. The highest BCUT2D eigenvalue weighted by Crippen LogP contribution is 2.25. The summed E-state index contributed by atoms with van der Waals surface area (Å²) in [7, 11) is 0. The van der Waals surface area contributed by atoms with E-state index in [9.17, 15) is 9.59 Å². The number of rotatable bonds is 1. The highest BCUT2D eigenvalue weighted by molar-refractivity contribution is 9.10. The monoisotopic (exact) mass is 308 g/mol. The summed E-state index contributed by atoms with van der Waals surface area (Å²) < 4.78 is 2.58. The number of fused-ring (bicyclic) bond motifs is 1. The molecule has 1 N–H and O–H groups in total. The Kier molecular flexibility index (Phi) is 2.62. The first kappa shape index (κ1) is 11.3. The van der Waals surface area contributed by atoms with E-state index < -0.39 is 5.92 Å². The quantitative estimate of drug-likeness (QED) is 0.798. The lowest BCUT2D eigenvalue weighted by molar-refractivity contribution is -0.134. The average molecular weight is 309 g/mol. The number of halogens is 1. The number of pyridine rings is 1. The normalized spacial score (nSPS) is 20.2. The Bertz CT molecular complexity index is 652.